The van der Waals surface area contributed by atoms with E-state index in [1.165, 1.54) is 21.3 Å². The molecule has 1 aromatic carbocycles. The number of hydrogen-bond acceptors (Lipinski definition) is 6. The van der Waals surface area contributed by atoms with Crippen LogP contribution in [0.3, 0.4) is 0 Å². The third kappa shape index (κ3) is 4.32. The van der Waals surface area contributed by atoms with Gasteiger partial charge < -0.3 is 29.7 Å². The van der Waals surface area contributed by atoms with Crippen molar-refractivity contribution < 1.29 is 23.8 Å². The summed E-state index contributed by atoms with van der Waals surface area (Å²) in [6, 6.07) is 3.46. The Morgan fingerprint density at radius 3 is 2.50 bits per heavy atom. The summed E-state index contributed by atoms with van der Waals surface area (Å²) in [5.41, 5.74) is 0.631. The van der Waals surface area contributed by atoms with Gasteiger partial charge in [-0.3, -0.25) is 9.59 Å². The highest BCUT2D eigenvalue weighted by Gasteiger charge is 2.36. The molecule has 2 atom stereocenters. The monoisotopic (exact) mass is 391 g/mol. The number of piperidine rings is 1. The number of hydrogen-bond donors (Lipinski definition) is 2. The second kappa shape index (κ2) is 9.14. The van der Waals surface area contributed by atoms with Crippen molar-refractivity contribution in [1.82, 2.24) is 10.6 Å². The predicted molar refractivity (Wildman–Crippen MR) is 105 cm³/mol. The highest BCUT2D eigenvalue weighted by atomic mass is 16.5. The highest BCUT2D eigenvalue weighted by molar-refractivity contribution is 6.00. The van der Waals surface area contributed by atoms with E-state index in [2.05, 4.69) is 10.6 Å². The number of methoxy groups -OCH3 is 3. The van der Waals surface area contributed by atoms with Crippen molar-refractivity contribution in [1.29, 1.82) is 0 Å². The van der Waals surface area contributed by atoms with Gasteiger partial charge in [-0.05, 0) is 31.8 Å². The molecule has 154 valence electrons. The molecule has 0 radical (unpaired) electrons. The molecule has 2 aliphatic rings. The van der Waals surface area contributed by atoms with E-state index in [0.717, 1.165) is 25.9 Å². The van der Waals surface area contributed by atoms with Crippen LogP contribution in [0.2, 0.25) is 0 Å². The van der Waals surface area contributed by atoms with Crippen LogP contribution in [0.1, 0.15) is 19.3 Å². The molecule has 0 bridgehead atoms. The molecule has 2 heterocycles. The number of nitrogens with zero attached hydrogens (tertiary/aromatic N) is 1. The second-order valence-corrected chi connectivity index (χ2v) is 7.25. The van der Waals surface area contributed by atoms with Crippen LogP contribution in [0.25, 0.3) is 0 Å². The van der Waals surface area contributed by atoms with Gasteiger partial charge in [0.25, 0.3) is 0 Å². The number of benzene rings is 1. The number of nitrogens with one attached hydrogen (secondary N) is 2. The molecule has 2 saturated heterocycles. The van der Waals surface area contributed by atoms with Gasteiger partial charge >= 0.3 is 0 Å². The van der Waals surface area contributed by atoms with E-state index in [0.29, 0.717) is 41.9 Å². The second-order valence-electron chi connectivity index (χ2n) is 7.25. The molecule has 2 unspecified atom stereocenters. The van der Waals surface area contributed by atoms with Crippen LogP contribution < -0.4 is 29.7 Å². The van der Waals surface area contributed by atoms with E-state index in [4.69, 9.17) is 14.2 Å². The van der Waals surface area contributed by atoms with Crippen LogP contribution in [0.15, 0.2) is 12.1 Å². The molecule has 8 nitrogen and oxygen atoms in total. The van der Waals surface area contributed by atoms with Crippen molar-refractivity contribution in [3.63, 3.8) is 0 Å². The van der Waals surface area contributed by atoms with Crippen molar-refractivity contribution in [3.8, 4) is 17.2 Å². The van der Waals surface area contributed by atoms with Crippen LogP contribution in [0.5, 0.6) is 17.2 Å². The first-order valence-corrected chi connectivity index (χ1v) is 9.66. The summed E-state index contributed by atoms with van der Waals surface area (Å²) in [7, 11) is 4.59. The minimum absolute atomic E-state index is 0.0612. The van der Waals surface area contributed by atoms with E-state index >= 15 is 0 Å². The van der Waals surface area contributed by atoms with Gasteiger partial charge in [-0.25, -0.2) is 0 Å². The molecule has 3 rings (SSSR count). The summed E-state index contributed by atoms with van der Waals surface area (Å²) in [6.45, 7) is 2.97. The van der Waals surface area contributed by atoms with Crippen molar-refractivity contribution in [3.05, 3.63) is 12.1 Å². The zero-order valence-corrected chi connectivity index (χ0v) is 16.7. The van der Waals surface area contributed by atoms with Gasteiger partial charge in [-0.15, -0.1) is 0 Å². The average molecular weight is 391 g/mol. The van der Waals surface area contributed by atoms with Gasteiger partial charge in [0.15, 0.2) is 11.5 Å². The van der Waals surface area contributed by atoms with E-state index < -0.39 is 0 Å². The lowest BCUT2D eigenvalue weighted by molar-refractivity contribution is -0.126. The van der Waals surface area contributed by atoms with Crippen molar-refractivity contribution in [2.45, 2.75) is 19.3 Å². The Bertz CT molecular complexity index is 693. The van der Waals surface area contributed by atoms with E-state index in [9.17, 15) is 9.59 Å². The Balaban J connectivity index is 1.67. The van der Waals surface area contributed by atoms with Crippen LogP contribution >= 0.6 is 0 Å². The first-order chi connectivity index (χ1) is 13.6. The molecule has 0 saturated carbocycles. The molecule has 2 fully saturated rings. The van der Waals surface area contributed by atoms with Crippen molar-refractivity contribution >= 4 is 17.5 Å². The van der Waals surface area contributed by atoms with Gasteiger partial charge in [-0.2, -0.15) is 0 Å². The van der Waals surface area contributed by atoms with E-state index in [-0.39, 0.29) is 24.2 Å². The van der Waals surface area contributed by atoms with Crippen LogP contribution in [-0.2, 0) is 9.59 Å². The fourth-order valence-corrected chi connectivity index (χ4v) is 3.84. The zero-order valence-electron chi connectivity index (χ0n) is 16.7. The molecule has 2 aliphatic heterocycles. The number of anilines is 1. The summed E-state index contributed by atoms with van der Waals surface area (Å²) in [6.07, 6.45) is 2.46. The van der Waals surface area contributed by atoms with E-state index in [1.54, 1.807) is 17.0 Å². The molecule has 2 N–H and O–H groups in total. The topological polar surface area (TPSA) is 89.1 Å². The zero-order chi connectivity index (χ0) is 20.1. The normalized spacial score (nSPS) is 22.1. The Morgan fingerprint density at radius 1 is 1.21 bits per heavy atom. The first-order valence-electron chi connectivity index (χ1n) is 9.66. The lowest BCUT2D eigenvalue weighted by Gasteiger charge is -2.23. The molecule has 1 aromatic rings. The Kier molecular flexibility index (Phi) is 6.61. The molecule has 0 aliphatic carbocycles. The average Bonchev–Trinajstić information content (AvgIpc) is 3.13. The molecule has 8 heteroatoms. The standard InChI is InChI=1S/C20H29N3O5/c1-26-16-8-15(9-17(27-2)19(16)28-3)23-12-14(7-18(23)24)20(25)22-11-13-5-4-6-21-10-13/h8-9,13-14,21H,4-7,10-12H2,1-3H3,(H,22,25). The first kappa shape index (κ1) is 20.3. The summed E-state index contributed by atoms with van der Waals surface area (Å²) in [5.74, 6) is 1.37. The molecular weight excluding hydrogens is 362 g/mol. The molecule has 0 spiro atoms. The Hall–Kier alpha value is -2.48. The Labute approximate surface area is 165 Å². The number of carbonyl (C=O) groups is 2. The van der Waals surface area contributed by atoms with Gasteiger partial charge in [0.1, 0.15) is 0 Å². The van der Waals surface area contributed by atoms with Gasteiger partial charge in [0.2, 0.25) is 17.6 Å². The molecular formula is C20H29N3O5. The smallest absolute Gasteiger partial charge is 0.227 e. The fraction of sp³-hybridized carbons (Fsp3) is 0.600. The van der Waals surface area contributed by atoms with Crippen LogP contribution in [-0.4, -0.2) is 59.3 Å². The fourth-order valence-electron chi connectivity index (χ4n) is 3.84. The van der Waals surface area contributed by atoms with Gasteiger partial charge in [0, 0.05) is 31.6 Å². The van der Waals surface area contributed by atoms with E-state index in [1.807, 2.05) is 0 Å². The molecule has 0 aromatic heterocycles. The third-order valence-electron chi connectivity index (χ3n) is 5.42. The summed E-state index contributed by atoms with van der Waals surface area (Å²) in [5, 5.41) is 6.37. The SMILES string of the molecule is COc1cc(N2CC(C(=O)NCC3CCCNC3)CC2=O)cc(OC)c1OC. The van der Waals surface area contributed by atoms with Crippen LogP contribution in [0.4, 0.5) is 5.69 Å². The van der Waals surface area contributed by atoms with Crippen LogP contribution in [0, 0.1) is 11.8 Å². The number of carbonyl (C=O) groups excluding carboxylic acids is 2. The van der Waals surface area contributed by atoms with Crippen molar-refractivity contribution in [2.75, 3.05) is 52.4 Å². The highest BCUT2D eigenvalue weighted by Crippen LogP contribution is 2.42. The maximum Gasteiger partial charge on any atom is 0.227 e. The third-order valence-corrected chi connectivity index (χ3v) is 5.42. The lowest BCUT2D eigenvalue weighted by Crippen LogP contribution is -2.40. The summed E-state index contributed by atoms with van der Waals surface area (Å²) >= 11 is 0. The minimum atomic E-state index is -0.358. The van der Waals surface area contributed by atoms with Gasteiger partial charge in [0.05, 0.1) is 32.9 Å². The molecule has 2 amide bonds. The largest absolute Gasteiger partial charge is 0.493 e. The summed E-state index contributed by atoms with van der Waals surface area (Å²) < 4.78 is 16.1. The van der Waals surface area contributed by atoms with Crippen molar-refractivity contribution in [2.24, 2.45) is 11.8 Å². The summed E-state index contributed by atoms with van der Waals surface area (Å²) in [4.78, 5) is 26.8. The maximum absolute atomic E-state index is 12.6. The lowest BCUT2D eigenvalue weighted by atomic mass is 9.99. The predicted octanol–water partition coefficient (Wildman–Crippen LogP) is 1.18. The quantitative estimate of drug-likeness (QED) is 0.726. The minimum Gasteiger partial charge on any atom is -0.493 e. The maximum atomic E-state index is 12.6. The number of amides is 2. The number of ether oxygens (including phenoxy) is 3. The Morgan fingerprint density at radius 2 is 1.93 bits per heavy atom. The van der Waals surface area contributed by atoms with Gasteiger partial charge in [-0.1, -0.05) is 0 Å². The molecule has 28 heavy (non-hydrogen) atoms. The number of rotatable bonds is 7.